The highest BCUT2D eigenvalue weighted by Gasteiger charge is 2.27. The zero-order valence-electron chi connectivity index (χ0n) is 10.4. The Bertz CT molecular complexity index is 702. The average Bonchev–Trinajstić information content (AvgIpc) is 2.83. The van der Waals surface area contributed by atoms with Gasteiger partial charge in [0.05, 0.1) is 5.56 Å². The van der Waals surface area contributed by atoms with Gasteiger partial charge in [0.25, 0.3) is 5.91 Å². The number of anilines is 1. The Hall–Kier alpha value is -1.20. The summed E-state index contributed by atoms with van der Waals surface area (Å²) in [6.45, 7) is 0.580. The molecular formula is C15H10Br2FNO. The molecule has 0 saturated carbocycles. The van der Waals surface area contributed by atoms with Crippen molar-refractivity contribution in [3.8, 4) is 0 Å². The maximum atomic E-state index is 13.9. The van der Waals surface area contributed by atoms with Crippen LogP contribution in [0.25, 0.3) is 0 Å². The highest BCUT2D eigenvalue weighted by atomic mass is 79.9. The summed E-state index contributed by atoms with van der Waals surface area (Å²) in [5.74, 6) is -0.803. The van der Waals surface area contributed by atoms with Crippen LogP contribution in [0.3, 0.4) is 0 Å². The monoisotopic (exact) mass is 397 g/mol. The maximum Gasteiger partial charge on any atom is 0.261 e. The molecule has 0 atom stereocenters. The summed E-state index contributed by atoms with van der Waals surface area (Å²) in [5.41, 5.74) is 2.05. The molecule has 0 aliphatic carbocycles. The Morgan fingerprint density at radius 3 is 2.60 bits per heavy atom. The van der Waals surface area contributed by atoms with Crippen molar-refractivity contribution in [1.29, 1.82) is 0 Å². The first kappa shape index (κ1) is 13.8. The van der Waals surface area contributed by atoms with Crippen molar-refractivity contribution in [2.45, 2.75) is 6.42 Å². The highest BCUT2D eigenvalue weighted by molar-refractivity contribution is 9.10. The average molecular weight is 399 g/mol. The van der Waals surface area contributed by atoms with Crippen LogP contribution in [0.2, 0.25) is 0 Å². The minimum absolute atomic E-state index is 0.0900. The second kappa shape index (κ2) is 5.30. The molecule has 3 rings (SSSR count). The van der Waals surface area contributed by atoms with E-state index in [0.717, 1.165) is 22.1 Å². The summed E-state index contributed by atoms with van der Waals surface area (Å²) >= 11 is 6.68. The van der Waals surface area contributed by atoms with Gasteiger partial charge >= 0.3 is 0 Å². The van der Waals surface area contributed by atoms with Crippen LogP contribution in [-0.4, -0.2) is 12.5 Å². The molecule has 2 aromatic carbocycles. The maximum absolute atomic E-state index is 13.9. The third-order valence-corrected chi connectivity index (χ3v) is 4.33. The second-order valence-electron chi connectivity index (χ2n) is 4.60. The van der Waals surface area contributed by atoms with E-state index in [2.05, 4.69) is 31.9 Å². The van der Waals surface area contributed by atoms with Gasteiger partial charge in [-0.05, 0) is 42.3 Å². The molecule has 1 aliphatic heterocycles. The van der Waals surface area contributed by atoms with Gasteiger partial charge in [-0.1, -0.05) is 37.9 Å². The molecule has 0 saturated heterocycles. The number of carbonyl (C=O) groups excluding carboxylic acids is 1. The van der Waals surface area contributed by atoms with E-state index in [1.807, 2.05) is 18.2 Å². The van der Waals surface area contributed by atoms with Crippen LogP contribution in [-0.2, 0) is 6.42 Å². The minimum Gasteiger partial charge on any atom is -0.308 e. The van der Waals surface area contributed by atoms with Crippen molar-refractivity contribution in [1.82, 2.24) is 0 Å². The lowest BCUT2D eigenvalue weighted by atomic mass is 10.1. The molecule has 0 fully saturated rings. The van der Waals surface area contributed by atoms with E-state index in [1.54, 1.807) is 11.0 Å². The van der Waals surface area contributed by atoms with Crippen LogP contribution in [0, 0.1) is 5.82 Å². The first-order chi connectivity index (χ1) is 9.56. The summed E-state index contributed by atoms with van der Waals surface area (Å²) in [6, 6.07) is 10.2. The standard InChI is InChI=1S/C15H10Br2FNO/c16-10-3-4-13(18)12(7-10)15(20)19-6-5-9-1-2-11(17)8-14(9)19/h1-4,7-8H,5-6H2. The number of hydrogen-bond acceptors (Lipinski definition) is 1. The number of rotatable bonds is 1. The zero-order valence-corrected chi connectivity index (χ0v) is 13.5. The van der Waals surface area contributed by atoms with Gasteiger partial charge in [0, 0.05) is 21.2 Å². The second-order valence-corrected chi connectivity index (χ2v) is 6.44. The summed E-state index contributed by atoms with van der Waals surface area (Å²) < 4.78 is 15.4. The number of fused-ring (bicyclic) bond motifs is 1. The Morgan fingerprint density at radius 1 is 1.10 bits per heavy atom. The normalized spacial score (nSPS) is 13.4. The number of amides is 1. The summed E-state index contributed by atoms with van der Waals surface area (Å²) in [6.07, 6.45) is 0.796. The molecule has 1 aliphatic rings. The number of halogens is 3. The molecule has 0 spiro atoms. The molecule has 1 amide bonds. The van der Waals surface area contributed by atoms with Crippen LogP contribution >= 0.6 is 31.9 Å². The fraction of sp³-hybridized carbons (Fsp3) is 0.133. The minimum atomic E-state index is -0.498. The number of nitrogens with zero attached hydrogens (tertiary/aromatic N) is 1. The van der Waals surface area contributed by atoms with E-state index in [1.165, 1.54) is 12.1 Å². The van der Waals surface area contributed by atoms with Gasteiger partial charge in [0.1, 0.15) is 5.82 Å². The highest BCUT2D eigenvalue weighted by Crippen LogP contribution is 2.32. The molecule has 0 N–H and O–H groups in total. The Labute approximate surface area is 132 Å². The third-order valence-electron chi connectivity index (χ3n) is 3.35. The fourth-order valence-corrected chi connectivity index (χ4v) is 3.08. The van der Waals surface area contributed by atoms with Gasteiger partial charge in [-0.25, -0.2) is 4.39 Å². The fourth-order valence-electron chi connectivity index (χ4n) is 2.37. The van der Waals surface area contributed by atoms with Crippen molar-refractivity contribution in [2.24, 2.45) is 0 Å². The van der Waals surface area contributed by atoms with Crippen molar-refractivity contribution in [2.75, 3.05) is 11.4 Å². The quantitative estimate of drug-likeness (QED) is 0.689. The van der Waals surface area contributed by atoms with Crippen LogP contribution < -0.4 is 4.90 Å². The third kappa shape index (κ3) is 2.40. The Kier molecular flexibility index (Phi) is 3.65. The molecule has 20 heavy (non-hydrogen) atoms. The van der Waals surface area contributed by atoms with Crippen LogP contribution in [0.15, 0.2) is 45.3 Å². The molecule has 0 aromatic heterocycles. The van der Waals surface area contributed by atoms with Crippen molar-refractivity contribution < 1.29 is 9.18 Å². The van der Waals surface area contributed by atoms with Crippen molar-refractivity contribution in [3.63, 3.8) is 0 Å². The summed E-state index contributed by atoms with van der Waals surface area (Å²) in [4.78, 5) is 14.2. The predicted octanol–water partition coefficient (Wildman–Crippen LogP) is 4.55. The lowest BCUT2D eigenvalue weighted by molar-refractivity contribution is 0.0985. The smallest absolute Gasteiger partial charge is 0.261 e. The largest absolute Gasteiger partial charge is 0.308 e. The number of hydrogen-bond donors (Lipinski definition) is 0. The summed E-state index contributed by atoms with van der Waals surface area (Å²) in [5, 5.41) is 0. The molecule has 5 heteroatoms. The van der Waals surface area contributed by atoms with E-state index >= 15 is 0 Å². The number of carbonyl (C=O) groups is 1. The van der Waals surface area contributed by atoms with E-state index in [9.17, 15) is 9.18 Å². The molecule has 2 aromatic rings. The molecule has 0 bridgehead atoms. The lowest BCUT2D eigenvalue weighted by Gasteiger charge is -2.18. The Balaban J connectivity index is 2.01. The first-order valence-electron chi connectivity index (χ1n) is 6.11. The zero-order chi connectivity index (χ0) is 14.3. The summed E-state index contributed by atoms with van der Waals surface area (Å²) in [7, 11) is 0. The van der Waals surface area contributed by atoms with Crippen molar-refractivity contribution in [3.05, 3.63) is 62.3 Å². The van der Waals surface area contributed by atoms with E-state index in [-0.39, 0.29) is 11.5 Å². The van der Waals surface area contributed by atoms with Crippen LogP contribution in [0.1, 0.15) is 15.9 Å². The molecule has 0 radical (unpaired) electrons. The molecule has 0 unspecified atom stereocenters. The topological polar surface area (TPSA) is 20.3 Å². The molecule has 2 nitrogen and oxygen atoms in total. The van der Waals surface area contributed by atoms with Gasteiger partial charge in [0.2, 0.25) is 0 Å². The lowest BCUT2D eigenvalue weighted by Crippen LogP contribution is -2.29. The van der Waals surface area contributed by atoms with E-state index < -0.39 is 5.82 Å². The van der Waals surface area contributed by atoms with Crippen LogP contribution in [0.4, 0.5) is 10.1 Å². The first-order valence-corrected chi connectivity index (χ1v) is 7.70. The SMILES string of the molecule is O=C(c1cc(Br)ccc1F)N1CCc2ccc(Br)cc21. The van der Waals surface area contributed by atoms with Crippen molar-refractivity contribution >= 4 is 43.5 Å². The van der Waals surface area contributed by atoms with Gasteiger partial charge in [-0.3, -0.25) is 4.79 Å². The van der Waals surface area contributed by atoms with E-state index in [4.69, 9.17) is 0 Å². The number of benzene rings is 2. The molecule has 102 valence electrons. The molecular weight excluding hydrogens is 389 g/mol. The Morgan fingerprint density at radius 2 is 1.80 bits per heavy atom. The van der Waals surface area contributed by atoms with Gasteiger partial charge in [0.15, 0.2) is 0 Å². The van der Waals surface area contributed by atoms with Gasteiger partial charge in [-0.15, -0.1) is 0 Å². The van der Waals surface area contributed by atoms with Gasteiger partial charge in [-0.2, -0.15) is 0 Å². The molecule has 1 heterocycles. The predicted molar refractivity (Wildman–Crippen MR) is 83.6 cm³/mol. The van der Waals surface area contributed by atoms with E-state index in [0.29, 0.717) is 11.0 Å². The van der Waals surface area contributed by atoms with Gasteiger partial charge < -0.3 is 4.90 Å². The van der Waals surface area contributed by atoms with Crippen LogP contribution in [0.5, 0.6) is 0 Å².